The fourth-order valence-corrected chi connectivity index (χ4v) is 2.91. The SMILES string of the molecule is Cl.Clc1cc(Nc2ncnc3ccccc23)ccc1OCc1ccccc1. The van der Waals surface area contributed by atoms with Gasteiger partial charge in [-0.2, -0.15) is 0 Å². The van der Waals surface area contributed by atoms with Crippen LogP contribution in [0.2, 0.25) is 5.02 Å². The van der Waals surface area contributed by atoms with E-state index in [1.807, 2.05) is 72.8 Å². The van der Waals surface area contributed by atoms with Gasteiger partial charge < -0.3 is 10.1 Å². The Morgan fingerprint density at radius 3 is 2.48 bits per heavy atom. The van der Waals surface area contributed by atoms with Crippen molar-refractivity contribution in [1.29, 1.82) is 0 Å². The quantitative estimate of drug-likeness (QED) is 0.446. The molecular weight excluding hydrogens is 381 g/mol. The van der Waals surface area contributed by atoms with Crippen LogP contribution in [-0.4, -0.2) is 9.97 Å². The van der Waals surface area contributed by atoms with Gasteiger partial charge in [0.1, 0.15) is 24.5 Å². The third-order valence-electron chi connectivity index (χ3n) is 3.97. The molecule has 0 saturated heterocycles. The number of aromatic nitrogens is 2. The zero-order chi connectivity index (χ0) is 17.8. The first-order chi connectivity index (χ1) is 12.8. The summed E-state index contributed by atoms with van der Waals surface area (Å²) in [6.07, 6.45) is 1.55. The summed E-state index contributed by atoms with van der Waals surface area (Å²) in [6.45, 7) is 0.476. The molecule has 1 heterocycles. The molecule has 4 nitrogen and oxygen atoms in total. The largest absolute Gasteiger partial charge is 0.487 e. The minimum Gasteiger partial charge on any atom is -0.487 e. The van der Waals surface area contributed by atoms with Crippen molar-refractivity contribution in [2.24, 2.45) is 0 Å². The lowest BCUT2D eigenvalue weighted by Crippen LogP contribution is -1.98. The summed E-state index contributed by atoms with van der Waals surface area (Å²) in [6, 6.07) is 23.4. The summed E-state index contributed by atoms with van der Waals surface area (Å²) in [5.74, 6) is 1.39. The molecule has 0 spiro atoms. The Morgan fingerprint density at radius 2 is 1.67 bits per heavy atom. The number of benzene rings is 3. The number of halogens is 2. The Bertz CT molecular complexity index is 1040. The standard InChI is InChI=1S/C21H16ClN3O.ClH/c22-18-12-16(10-11-20(18)26-13-15-6-2-1-3-7-15)25-21-17-8-4-5-9-19(17)23-14-24-21;/h1-12,14H,13H2,(H,23,24,25);1H. The maximum Gasteiger partial charge on any atom is 0.141 e. The molecule has 0 radical (unpaired) electrons. The van der Waals surface area contributed by atoms with Crippen LogP contribution in [-0.2, 0) is 6.61 Å². The van der Waals surface area contributed by atoms with Gasteiger partial charge in [-0.15, -0.1) is 12.4 Å². The van der Waals surface area contributed by atoms with Crippen LogP contribution in [0, 0.1) is 0 Å². The normalized spacial score (nSPS) is 10.3. The second-order valence-corrected chi connectivity index (χ2v) is 6.19. The van der Waals surface area contributed by atoms with Gasteiger partial charge in [-0.25, -0.2) is 9.97 Å². The monoisotopic (exact) mass is 397 g/mol. The first-order valence-electron chi connectivity index (χ1n) is 8.23. The molecule has 0 unspecified atom stereocenters. The second kappa shape index (κ2) is 8.71. The Balaban J connectivity index is 0.00000210. The van der Waals surface area contributed by atoms with Crippen molar-refractivity contribution >= 4 is 46.4 Å². The number of nitrogens with zero attached hydrogens (tertiary/aromatic N) is 2. The zero-order valence-corrected chi connectivity index (χ0v) is 15.9. The third kappa shape index (κ3) is 4.48. The van der Waals surface area contributed by atoms with Crippen molar-refractivity contribution in [3.05, 3.63) is 89.7 Å². The van der Waals surface area contributed by atoms with E-state index in [1.54, 1.807) is 6.33 Å². The smallest absolute Gasteiger partial charge is 0.141 e. The van der Waals surface area contributed by atoms with Gasteiger partial charge in [0.15, 0.2) is 0 Å². The predicted octanol–water partition coefficient (Wildman–Crippen LogP) is 6.03. The van der Waals surface area contributed by atoms with E-state index in [2.05, 4.69) is 15.3 Å². The van der Waals surface area contributed by atoms with Gasteiger partial charge in [0.05, 0.1) is 10.5 Å². The minimum atomic E-state index is 0. The van der Waals surface area contributed by atoms with Gasteiger partial charge in [-0.3, -0.25) is 0 Å². The van der Waals surface area contributed by atoms with E-state index in [0.29, 0.717) is 17.4 Å². The van der Waals surface area contributed by atoms with Crippen molar-refractivity contribution in [3.8, 4) is 5.75 Å². The average molecular weight is 398 g/mol. The van der Waals surface area contributed by atoms with Crippen LogP contribution in [0.4, 0.5) is 11.5 Å². The molecule has 0 atom stereocenters. The van der Waals surface area contributed by atoms with E-state index >= 15 is 0 Å². The highest BCUT2D eigenvalue weighted by Gasteiger charge is 2.07. The zero-order valence-electron chi connectivity index (χ0n) is 14.3. The Hall–Kier alpha value is -2.82. The molecule has 1 aromatic heterocycles. The fraction of sp³-hybridized carbons (Fsp3) is 0.0476. The highest BCUT2D eigenvalue weighted by Crippen LogP contribution is 2.30. The molecule has 0 aliphatic heterocycles. The Morgan fingerprint density at radius 1 is 0.889 bits per heavy atom. The Kier molecular flexibility index (Phi) is 6.12. The van der Waals surface area contributed by atoms with Crippen LogP contribution in [0.1, 0.15) is 5.56 Å². The van der Waals surface area contributed by atoms with Gasteiger partial charge >= 0.3 is 0 Å². The summed E-state index contributed by atoms with van der Waals surface area (Å²) >= 11 is 6.38. The highest BCUT2D eigenvalue weighted by molar-refractivity contribution is 6.32. The molecule has 136 valence electrons. The van der Waals surface area contributed by atoms with Crippen molar-refractivity contribution in [2.45, 2.75) is 6.61 Å². The molecule has 0 fully saturated rings. The molecule has 3 aromatic carbocycles. The molecule has 1 N–H and O–H groups in total. The second-order valence-electron chi connectivity index (χ2n) is 5.78. The molecule has 0 aliphatic rings. The predicted molar refractivity (Wildman–Crippen MR) is 112 cm³/mol. The molecule has 0 bridgehead atoms. The molecular formula is C21H17Cl2N3O. The van der Waals surface area contributed by atoms with E-state index in [-0.39, 0.29) is 12.4 Å². The van der Waals surface area contributed by atoms with E-state index in [0.717, 1.165) is 28.0 Å². The van der Waals surface area contributed by atoms with Gasteiger partial charge in [0, 0.05) is 11.1 Å². The maximum absolute atomic E-state index is 6.38. The number of hydrogen-bond acceptors (Lipinski definition) is 4. The van der Waals surface area contributed by atoms with Gasteiger partial charge in [-0.05, 0) is 35.9 Å². The number of hydrogen-bond donors (Lipinski definition) is 1. The lowest BCUT2D eigenvalue weighted by atomic mass is 10.2. The minimum absolute atomic E-state index is 0. The van der Waals surface area contributed by atoms with Crippen LogP contribution < -0.4 is 10.1 Å². The van der Waals surface area contributed by atoms with E-state index < -0.39 is 0 Å². The number of nitrogens with one attached hydrogen (secondary N) is 1. The van der Waals surface area contributed by atoms with Crippen LogP contribution >= 0.6 is 24.0 Å². The summed E-state index contributed by atoms with van der Waals surface area (Å²) < 4.78 is 5.81. The molecule has 6 heteroatoms. The van der Waals surface area contributed by atoms with Crippen LogP contribution in [0.3, 0.4) is 0 Å². The number of fused-ring (bicyclic) bond motifs is 1. The van der Waals surface area contributed by atoms with E-state index in [9.17, 15) is 0 Å². The molecule has 27 heavy (non-hydrogen) atoms. The number of para-hydroxylation sites is 1. The molecule has 0 aliphatic carbocycles. The fourth-order valence-electron chi connectivity index (χ4n) is 2.67. The van der Waals surface area contributed by atoms with Gasteiger partial charge in [-0.1, -0.05) is 54.1 Å². The number of rotatable bonds is 5. The lowest BCUT2D eigenvalue weighted by Gasteiger charge is -2.12. The maximum atomic E-state index is 6.38. The van der Waals surface area contributed by atoms with Crippen molar-refractivity contribution < 1.29 is 4.74 Å². The van der Waals surface area contributed by atoms with E-state index in [4.69, 9.17) is 16.3 Å². The lowest BCUT2D eigenvalue weighted by molar-refractivity contribution is 0.306. The first kappa shape index (κ1) is 19.0. The van der Waals surface area contributed by atoms with Gasteiger partial charge in [0.2, 0.25) is 0 Å². The van der Waals surface area contributed by atoms with Crippen molar-refractivity contribution in [1.82, 2.24) is 9.97 Å². The van der Waals surface area contributed by atoms with Crippen LogP contribution in [0.5, 0.6) is 5.75 Å². The van der Waals surface area contributed by atoms with E-state index in [1.165, 1.54) is 0 Å². The average Bonchev–Trinajstić information content (AvgIpc) is 2.68. The molecule has 4 aromatic rings. The topological polar surface area (TPSA) is 47.0 Å². The summed E-state index contributed by atoms with van der Waals surface area (Å²) in [7, 11) is 0. The van der Waals surface area contributed by atoms with Crippen LogP contribution in [0.15, 0.2) is 79.1 Å². The van der Waals surface area contributed by atoms with Crippen molar-refractivity contribution in [3.63, 3.8) is 0 Å². The Labute approximate surface area is 168 Å². The molecule has 0 amide bonds. The number of ether oxygens (including phenoxy) is 1. The molecule has 0 saturated carbocycles. The number of anilines is 2. The summed E-state index contributed by atoms with van der Waals surface area (Å²) in [5, 5.41) is 4.80. The summed E-state index contributed by atoms with van der Waals surface area (Å²) in [5.41, 5.74) is 2.82. The van der Waals surface area contributed by atoms with Gasteiger partial charge in [0.25, 0.3) is 0 Å². The first-order valence-corrected chi connectivity index (χ1v) is 8.60. The van der Waals surface area contributed by atoms with Crippen LogP contribution in [0.25, 0.3) is 10.9 Å². The molecule has 4 rings (SSSR count). The third-order valence-corrected chi connectivity index (χ3v) is 4.27. The summed E-state index contributed by atoms with van der Waals surface area (Å²) in [4.78, 5) is 8.60. The van der Waals surface area contributed by atoms with Crippen molar-refractivity contribution in [2.75, 3.05) is 5.32 Å². The highest BCUT2D eigenvalue weighted by atomic mass is 35.5.